The molecule has 0 saturated heterocycles. The maximum atomic E-state index is 12.0. The number of hydrogen-bond acceptors (Lipinski definition) is 3. The molecule has 1 aromatic rings. The average molecular weight is 291 g/mol. The van der Waals surface area contributed by atoms with Gasteiger partial charge in [-0.3, -0.25) is 9.59 Å². The van der Waals surface area contributed by atoms with Gasteiger partial charge in [0.1, 0.15) is 0 Å². The Bertz CT molecular complexity index is 513. The molecule has 0 bridgehead atoms. The lowest BCUT2D eigenvalue weighted by Gasteiger charge is -2.06. The van der Waals surface area contributed by atoms with E-state index in [2.05, 4.69) is 5.32 Å². The van der Waals surface area contributed by atoms with Crippen molar-refractivity contribution in [1.82, 2.24) is 5.32 Å². The molecule has 0 aromatic heterocycles. The number of carboxylic acid groups (broad SMARTS) is 1. The highest BCUT2D eigenvalue weighted by molar-refractivity contribution is 5.94. The standard InChI is InChI=1S/C16H21NO4/c18-15(19)5-3-1-2-4-8-17-16(20)12-6-7-13-10-21-11-14(13)9-12/h6-7,9H,1-5,8,10-11H2,(H,17,20)(H,18,19). The minimum atomic E-state index is -0.746. The van der Waals surface area contributed by atoms with E-state index in [1.807, 2.05) is 18.2 Å². The number of rotatable bonds is 8. The van der Waals surface area contributed by atoms with Crippen molar-refractivity contribution in [2.24, 2.45) is 0 Å². The largest absolute Gasteiger partial charge is 0.481 e. The SMILES string of the molecule is O=C(O)CCCCCCNC(=O)c1ccc2c(c1)COC2. The molecular formula is C16H21NO4. The highest BCUT2D eigenvalue weighted by Crippen LogP contribution is 2.20. The summed E-state index contributed by atoms with van der Waals surface area (Å²) >= 11 is 0. The highest BCUT2D eigenvalue weighted by Gasteiger charge is 2.13. The first-order valence-corrected chi connectivity index (χ1v) is 7.36. The number of carbonyl (C=O) groups is 2. The fraction of sp³-hybridized carbons (Fsp3) is 0.500. The van der Waals surface area contributed by atoms with Crippen LogP contribution in [0, 0.1) is 0 Å². The fourth-order valence-corrected chi connectivity index (χ4v) is 2.37. The monoisotopic (exact) mass is 291 g/mol. The van der Waals surface area contributed by atoms with Gasteiger partial charge in [-0.25, -0.2) is 0 Å². The lowest BCUT2D eigenvalue weighted by atomic mass is 10.1. The third-order valence-electron chi connectivity index (χ3n) is 3.59. The first-order valence-electron chi connectivity index (χ1n) is 7.36. The summed E-state index contributed by atoms with van der Waals surface area (Å²) in [5.41, 5.74) is 2.92. The minimum Gasteiger partial charge on any atom is -0.481 e. The van der Waals surface area contributed by atoms with Crippen molar-refractivity contribution < 1.29 is 19.4 Å². The van der Waals surface area contributed by atoms with Crippen molar-refractivity contribution in [2.45, 2.75) is 45.3 Å². The zero-order valence-electron chi connectivity index (χ0n) is 12.1. The Morgan fingerprint density at radius 2 is 1.86 bits per heavy atom. The van der Waals surface area contributed by atoms with E-state index in [0.29, 0.717) is 31.7 Å². The van der Waals surface area contributed by atoms with E-state index in [-0.39, 0.29) is 12.3 Å². The predicted molar refractivity (Wildman–Crippen MR) is 78.0 cm³/mol. The first kappa shape index (κ1) is 15.5. The molecule has 5 heteroatoms. The molecule has 0 atom stereocenters. The Balaban J connectivity index is 1.64. The molecule has 0 spiro atoms. The van der Waals surface area contributed by atoms with Gasteiger partial charge in [-0.1, -0.05) is 18.9 Å². The number of ether oxygens (including phenoxy) is 1. The lowest BCUT2D eigenvalue weighted by Crippen LogP contribution is -2.24. The highest BCUT2D eigenvalue weighted by atomic mass is 16.5. The fourth-order valence-electron chi connectivity index (χ4n) is 2.37. The Morgan fingerprint density at radius 1 is 1.10 bits per heavy atom. The van der Waals surface area contributed by atoms with Crippen molar-refractivity contribution in [2.75, 3.05) is 6.54 Å². The van der Waals surface area contributed by atoms with Gasteiger partial charge < -0.3 is 15.2 Å². The summed E-state index contributed by atoms with van der Waals surface area (Å²) in [7, 11) is 0. The van der Waals surface area contributed by atoms with Gasteiger partial charge in [0.15, 0.2) is 0 Å². The number of fused-ring (bicyclic) bond motifs is 1. The number of amides is 1. The van der Waals surface area contributed by atoms with Gasteiger partial charge in [0, 0.05) is 18.5 Å². The van der Waals surface area contributed by atoms with Crippen LogP contribution in [-0.2, 0) is 22.7 Å². The van der Waals surface area contributed by atoms with Crippen molar-refractivity contribution in [3.63, 3.8) is 0 Å². The molecule has 5 nitrogen and oxygen atoms in total. The van der Waals surface area contributed by atoms with Gasteiger partial charge in [0.05, 0.1) is 13.2 Å². The number of unbranched alkanes of at least 4 members (excludes halogenated alkanes) is 3. The third kappa shape index (κ3) is 4.86. The Kier molecular flexibility index (Phi) is 5.75. The quantitative estimate of drug-likeness (QED) is 0.721. The molecular weight excluding hydrogens is 270 g/mol. The molecule has 1 amide bonds. The van der Waals surface area contributed by atoms with Crippen LogP contribution < -0.4 is 5.32 Å². The van der Waals surface area contributed by atoms with Crippen molar-refractivity contribution in [3.05, 3.63) is 34.9 Å². The van der Waals surface area contributed by atoms with Crippen LogP contribution in [0.4, 0.5) is 0 Å². The number of nitrogens with one attached hydrogen (secondary N) is 1. The summed E-state index contributed by atoms with van der Waals surface area (Å²) < 4.78 is 5.33. The Hall–Kier alpha value is -1.88. The molecule has 0 aliphatic carbocycles. The van der Waals surface area contributed by atoms with E-state index < -0.39 is 5.97 Å². The zero-order chi connectivity index (χ0) is 15.1. The van der Waals surface area contributed by atoms with Crippen LogP contribution in [0.25, 0.3) is 0 Å². The van der Waals surface area contributed by atoms with Crippen LogP contribution in [0.3, 0.4) is 0 Å². The van der Waals surface area contributed by atoms with Gasteiger partial charge in [0.25, 0.3) is 5.91 Å². The van der Waals surface area contributed by atoms with Crippen LogP contribution in [0.1, 0.15) is 53.6 Å². The predicted octanol–water partition coefficient (Wildman–Crippen LogP) is 2.48. The normalized spacial score (nSPS) is 13.0. The molecule has 0 saturated carbocycles. The van der Waals surface area contributed by atoms with Gasteiger partial charge in [-0.15, -0.1) is 0 Å². The topological polar surface area (TPSA) is 75.6 Å². The number of benzene rings is 1. The lowest BCUT2D eigenvalue weighted by molar-refractivity contribution is -0.137. The van der Waals surface area contributed by atoms with Crippen LogP contribution in [-0.4, -0.2) is 23.5 Å². The Labute approximate surface area is 124 Å². The summed E-state index contributed by atoms with van der Waals surface area (Å²) in [6, 6.07) is 5.67. The van der Waals surface area contributed by atoms with Crippen LogP contribution in [0.15, 0.2) is 18.2 Å². The van der Waals surface area contributed by atoms with Gasteiger partial charge in [-0.2, -0.15) is 0 Å². The van der Waals surface area contributed by atoms with E-state index >= 15 is 0 Å². The molecule has 1 aliphatic heterocycles. The molecule has 2 N–H and O–H groups in total. The smallest absolute Gasteiger partial charge is 0.303 e. The minimum absolute atomic E-state index is 0.0600. The van der Waals surface area contributed by atoms with E-state index in [1.165, 1.54) is 0 Å². The Morgan fingerprint density at radius 3 is 2.67 bits per heavy atom. The summed E-state index contributed by atoms with van der Waals surface area (Å²) in [5, 5.41) is 11.4. The molecule has 0 unspecified atom stereocenters. The molecule has 1 aliphatic rings. The van der Waals surface area contributed by atoms with Crippen molar-refractivity contribution >= 4 is 11.9 Å². The van der Waals surface area contributed by atoms with E-state index in [0.717, 1.165) is 30.4 Å². The van der Waals surface area contributed by atoms with Crippen LogP contribution in [0.5, 0.6) is 0 Å². The third-order valence-corrected chi connectivity index (χ3v) is 3.59. The van der Waals surface area contributed by atoms with Crippen LogP contribution in [0.2, 0.25) is 0 Å². The second-order valence-corrected chi connectivity index (χ2v) is 5.29. The van der Waals surface area contributed by atoms with E-state index in [9.17, 15) is 9.59 Å². The van der Waals surface area contributed by atoms with Gasteiger partial charge >= 0.3 is 5.97 Å². The number of carbonyl (C=O) groups excluding carboxylic acids is 1. The van der Waals surface area contributed by atoms with Crippen molar-refractivity contribution in [1.29, 1.82) is 0 Å². The van der Waals surface area contributed by atoms with E-state index in [1.54, 1.807) is 0 Å². The second-order valence-electron chi connectivity index (χ2n) is 5.29. The molecule has 2 rings (SSSR count). The maximum Gasteiger partial charge on any atom is 0.303 e. The first-order chi connectivity index (χ1) is 10.2. The second kappa shape index (κ2) is 7.78. The zero-order valence-corrected chi connectivity index (χ0v) is 12.1. The average Bonchev–Trinajstić information content (AvgIpc) is 2.93. The molecule has 1 aromatic carbocycles. The number of aliphatic carboxylic acids is 1. The molecule has 114 valence electrons. The van der Waals surface area contributed by atoms with E-state index in [4.69, 9.17) is 9.84 Å². The molecule has 21 heavy (non-hydrogen) atoms. The molecule has 1 heterocycles. The van der Waals surface area contributed by atoms with Crippen molar-refractivity contribution in [3.8, 4) is 0 Å². The summed E-state index contributed by atoms with van der Waals surface area (Å²) in [5.74, 6) is -0.806. The summed E-state index contributed by atoms with van der Waals surface area (Å²) in [6.07, 6.45) is 3.63. The molecule has 0 fully saturated rings. The van der Waals surface area contributed by atoms with Gasteiger partial charge in [0.2, 0.25) is 0 Å². The summed E-state index contributed by atoms with van der Waals surface area (Å²) in [4.78, 5) is 22.3. The van der Waals surface area contributed by atoms with Crippen LogP contribution >= 0.6 is 0 Å². The molecule has 0 radical (unpaired) electrons. The number of carboxylic acids is 1. The summed E-state index contributed by atoms with van der Waals surface area (Å²) in [6.45, 7) is 1.84. The maximum absolute atomic E-state index is 12.0. The number of hydrogen-bond donors (Lipinski definition) is 2. The van der Waals surface area contributed by atoms with Gasteiger partial charge in [-0.05, 0) is 36.1 Å².